The van der Waals surface area contributed by atoms with E-state index in [0.29, 0.717) is 0 Å². The molecule has 0 aliphatic rings. The summed E-state index contributed by atoms with van der Waals surface area (Å²) in [5.41, 5.74) is 0. The minimum atomic E-state index is -0.788. The Morgan fingerprint density at radius 2 is 1.80 bits per heavy atom. The van der Waals surface area contributed by atoms with Crippen LogP contribution in [0.25, 0.3) is 0 Å². The van der Waals surface area contributed by atoms with Crippen LogP contribution in [0.1, 0.15) is 39.0 Å². The largest absolute Gasteiger partial charge is 0.279 e. The molecule has 0 amide bonds. The van der Waals surface area contributed by atoms with E-state index in [4.69, 9.17) is 16.0 Å². The first-order valence-corrected chi connectivity index (χ1v) is 6.47. The van der Waals surface area contributed by atoms with Crippen LogP contribution < -0.4 is 0 Å². The Balaban J connectivity index is 2.91. The van der Waals surface area contributed by atoms with Gasteiger partial charge in [-0.15, -0.1) is 0 Å². The number of thiol groups is 1. The highest BCUT2D eigenvalue weighted by atomic mass is 32.8. The third kappa shape index (κ3) is 8.37. The van der Waals surface area contributed by atoms with E-state index in [9.17, 15) is 0 Å². The molecule has 3 heteroatoms. The average molecular weight is 179 g/mol. The Morgan fingerprint density at radius 3 is 2.30 bits per heavy atom. The topological polar surface area (TPSA) is 23.9 Å². The molecule has 1 unspecified atom stereocenters. The Labute approximate surface area is 70.4 Å². The summed E-state index contributed by atoms with van der Waals surface area (Å²) < 4.78 is 7.14. The van der Waals surface area contributed by atoms with Crippen LogP contribution in [-0.4, -0.2) is 5.75 Å². The van der Waals surface area contributed by atoms with Gasteiger partial charge in [0.15, 0.2) is 0 Å². The highest BCUT2D eigenvalue weighted by Crippen LogP contribution is 2.01. The fraction of sp³-hybridized carbons (Fsp3) is 1.00. The molecule has 0 radical (unpaired) electrons. The van der Waals surface area contributed by atoms with Crippen LogP contribution in [0.15, 0.2) is 0 Å². The fourth-order valence-electron chi connectivity index (χ4n) is 0.859. The zero-order chi connectivity index (χ0) is 7.82. The van der Waals surface area contributed by atoms with Gasteiger partial charge in [-0.05, 0) is 17.6 Å². The van der Waals surface area contributed by atoms with E-state index in [0.717, 1.165) is 5.75 Å². The lowest BCUT2D eigenvalue weighted by atomic mass is 10.2. The smallest absolute Gasteiger partial charge is 0.00490 e. The predicted molar refractivity (Wildman–Crippen MR) is 52.5 cm³/mol. The van der Waals surface area contributed by atoms with Crippen molar-refractivity contribution in [3.8, 4) is 0 Å². The summed E-state index contributed by atoms with van der Waals surface area (Å²) in [6.07, 6.45) is 6.42. The van der Waals surface area contributed by atoms with Crippen molar-refractivity contribution in [1.82, 2.24) is 0 Å². The quantitative estimate of drug-likeness (QED) is 0.475. The molecular weight excluding hydrogens is 162 g/mol. The molecule has 0 aliphatic carbocycles. The van der Waals surface area contributed by atoms with Crippen LogP contribution in [0.5, 0.6) is 0 Å². The van der Waals surface area contributed by atoms with E-state index >= 15 is 0 Å². The minimum absolute atomic E-state index is 0.788. The van der Waals surface area contributed by atoms with Gasteiger partial charge in [0.1, 0.15) is 0 Å². The second kappa shape index (κ2) is 7.48. The minimum Gasteiger partial charge on any atom is -0.279 e. The number of nitrogens with one attached hydrogen (secondary N) is 1. The van der Waals surface area contributed by atoms with Gasteiger partial charge in [0.05, 0.1) is 0 Å². The Hall–Kier alpha value is 0.370. The lowest BCUT2D eigenvalue weighted by Crippen LogP contribution is -1.84. The first kappa shape index (κ1) is 10.4. The standard InChI is InChI=1S/C7H17NS2/c1-2-3-4-5-6-7-10(8)9/h8,10H,2-7H2,1H3. The number of rotatable bonds is 6. The van der Waals surface area contributed by atoms with Crippen molar-refractivity contribution in [2.75, 3.05) is 5.75 Å². The van der Waals surface area contributed by atoms with Gasteiger partial charge in [-0.25, -0.2) is 0 Å². The molecule has 0 aromatic carbocycles. The van der Waals surface area contributed by atoms with E-state index in [-0.39, 0.29) is 0 Å². The third-order valence-electron chi connectivity index (χ3n) is 1.46. The van der Waals surface area contributed by atoms with Gasteiger partial charge in [-0.1, -0.05) is 41.9 Å². The molecule has 0 saturated heterocycles. The maximum absolute atomic E-state index is 7.14. The average Bonchev–Trinajstić information content (AvgIpc) is 1.87. The first-order valence-electron chi connectivity index (χ1n) is 3.93. The van der Waals surface area contributed by atoms with Crippen molar-refractivity contribution >= 4 is 20.4 Å². The molecule has 0 aromatic heterocycles. The highest BCUT2D eigenvalue weighted by Gasteiger charge is 1.86. The summed E-state index contributed by atoms with van der Waals surface area (Å²) in [4.78, 5) is 0. The first-order chi connectivity index (χ1) is 4.77. The molecule has 0 spiro atoms. The monoisotopic (exact) mass is 179 g/mol. The van der Waals surface area contributed by atoms with Gasteiger partial charge < -0.3 is 0 Å². The second-order valence-corrected chi connectivity index (χ2v) is 5.04. The van der Waals surface area contributed by atoms with Crippen molar-refractivity contribution in [3.05, 3.63) is 0 Å². The van der Waals surface area contributed by atoms with Crippen LogP contribution in [0, 0.1) is 4.78 Å². The van der Waals surface area contributed by atoms with Gasteiger partial charge in [0.2, 0.25) is 0 Å². The molecule has 0 bridgehead atoms. The second-order valence-electron chi connectivity index (χ2n) is 2.52. The summed E-state index contributed by atoms with van der Waals surface area (Å²) in [5, 5.41) is 0. The van der Waals surface area contributed by atoms with E-state index in [1.165, 1.54) is 32.1 Å². The predicted octanol–water partition coefficient (Wildman–Crippen LogP) is 2.53. The molecule has 0 rings (SSSR count). The van der Waals surface area contributed by atoms with Crippen molar-refractivity contribution in [2.45, 2.75) is 39.0 Å². The molecule has 10 heavy (non-hydrogen) atoms. The lowest BCUT2D eigenvalue weighted by molar-refractivity contribution is 0.659. The van der Waals surface area contributed by atoms with Crippen molar-refractivity contribution in [1.29, 1.82) is 4.78 Å². The van der Waals surface area contributed by atoms with Crippen LogP contribution in [0.3, 0.4) is 0 Å². The van der Waals surface area contributed by atoms with E-state index in [1.807, 2.05) is 0 Å². The zero-order valence-electron chi connectivity index (χ0n) is 6.60. The lowest BCUT2D eigenvalue weighted by Gasteiger charge is -1.95. The summed E-state index contributed by atoms with van der Waals surface area (Å²) in [6.45, 7) is 2.21. The van der Waals surface area contributed by atoms with Gasteiger partial charge in [0.25, 0.3) is 0 Å². The highest BCUT2D eigenvalue weighted by molar-refractivity contribution is 8.22. The van der Waals surface area contributed by atoms with Gasteiger partial charge in [0, 0.05) is 5.75 Å². The van der Waals surface area contributed by atoms with Crippen molar-refractivity contribution in [2.24, 2.45) is 0 Å². The molecule has 0 aliphatic heterocycles. The number of unbranched alkanes of at least 4 members (excludes halogenated alkanes) is 4. The maximum atomic E-state index is 7.14. The normalized spacial score (nSPS) is 13.3. The molecule has 1 nitrogen and oxygen atoms in total. The van der Waals surface area contributed by atoms with Gasteiger partial charge in [-0.3, -0.25) is 4.78 Å². The molecule has 0 saturated carbocycles. The Kier molecular flexibility index (Phi) is 7.75. The van der Waals surface area contributed by atoms with E-state index < -0.39 is 9.25 Å². The van der Waals surface area contributed by atoms with Gasteiger partial charge in [-0.2, -0.15) is 0 Å². The summed E-state index contributed by atoms with van der Waals surface area (Å²) >= 11 is 4.79. The Bertz CT molecular complexity index is 122. The fourth-order valence-corrected chi connectivity index (χ4v) is 1.76. The molecular formula is C7H17NS2. The zero-order valence-corrected chi connectivity index (χ0v) is 8.31. The number of hydrogen-bond donors (Lipinski definition) is 2. The molecule has 62 valence electrons. The summed E-state index contributed by atoms with van der Waals surface area (Å²) in [7, 11) is -0.788. The van der Waals surface area contributed by atoms with Crippen LogP contribution >= 0.6 is 0 Å². The van der Waals surface area contributed by atoms with E-state index in [1.54, 1.807) is 0 Å². The molecule has 0 aromatic rings. The SMILES string of the molecule is CCCCCCC[SH](=N)=S. The number of hydrogen-bond acceptors (Lipinski definition) is 2. The summed E-state index contributed by atoms with van der Waals surface area (Å²) in [5.74, 6) is 0.967. The molecule has 1 atom stereocenters. The summed E-state index contributed by atoms with van der Waals surface area (Å²) in [6, 6.07) is 0. The third-order valence-corrected chi connectivity index (χ3v) is 2.73. The van der Waals surface area contributed by atoms with E-state index in [2.05, 4.69) is 6.92 Å². The van der Waals surface area contributed by atoms with Crippen molar-refractivity contribution in [3.63, 3.8) is 0 Å². The maximum Gasteiger partial charge on any atom is 0.00490 e. The van der Waals surface area contributed by atoms with Gasteiger partial charge >= 0.3 is 0 Å². The van der Waals surface area contributed by atoms with Crippen LogP contribution in [0.2, 0.25) is 0 Å². The van der Waals surface area contributed by atoms with Crippen LogP contribution in [-0.2, 0) is 20.4 Å². The molecule has 1 N–H and O–H groups in total. The van der Waals surface area contributed by atoms with Crippen LogP contribution in [0.4, 0.5) is 0 Å². The molecule has 0 fully saturated rings. The molecule has 0 heterocycles. The Morgan fingerprint density at radius 1 is 1.20 bits per heavy atom. The van der Waals surface area contributed by atoms with Crippen molar-refractivity contribution < 1.29 is 0 Å².